The van der Waals surface area contributed by atoms with Crippen LogP contribution in [0.25, 0.3) is 55.1 Å². The Balaban J connectivity index is 1.29. The molecular formula is C36H21NO2. The number of hydrogen-bond acceptors (Lipinski definition) is 2. The van der Waals surface area contributed by atoms with E-state index in [1.807, 2.05) is 48.5 Å². The zero-order valence-electron chi connectivity index (χ0n) is 20.9. The van der Waals surface area contributed by atoms with Crippen LogP contribution in [0.3, 0.4) is 0 Å². The van der Waals surface area contributed by atoms with Gasteiger partial charge in [-0.15, -0.1) is 0 Å². The van der Waals surface area contributed by atoms with Crippen LogP contribution in [0.5, 0.6) is 0 Å². The third-order valence-electron chi connectivity index (χ3n) is 7.87. The molecule has 3 heteroatoms. The Labute approximate surface area is 224 Å². The maximum atomic E-state index is 13.3. The summed E-state index contributed by atoms with van der Waals surface area (Å²) in [6, 6.07) is 40.8. The minimum Gasteiger partial charge on any atom is -0.309 e. The molecule has 1 aliphatic carbocycles. The fraction of sp³-hybridized carbons (Fsp3) is 0. The number of carbonyl (C=O) groups excluding carboxylic acids is 2. The summed E-state index contributed by atoms with van der Waals surface area (Å²) in [5.74, 6) is -0.413. The Morgan fingerprint density at radius 2 is 1.18 bits per heavy atom. The zero-order valence-corrected chi connectivity index (χ0v) is 20.9. The Morgan fingerprint density at radius 1 is 0.513 bits per heavy atom. The van der Waals surface area contributed by atoms with E-state index in [4.69, 9.17) is 0 Å². The standard InChI is InChI=1S/C36H21NO2/c38-35-29-20-23-8-4-5-9-24(23)21-30(29)36(39)31(35)19-22-14-16-27-25(18-22)15-17-33-34(27)28-12-6-7-13-32(28)37(33)26-10-2-1-3-11-26/h1-21H. The monoisotopic (exact) mass is 499 g/mol. The number of nitrogens with zero attached hydrogens (tertiary/aromatic N) is 1. The number of Topliss-reactive ketones (excluding diaryl/α,β-unsaturated/α-hetero) is 2. The van der Waals surface area contributed by atoms with Gasteiger partial charge in [-0.05, 0) is 75.6 Å². The molecule has 3 nitrogen and oxygen atoms in total. The minimum absolute atomic E-state index is 0.206. The first kappa shape index (κ1) is 21.8. The molecule has 0 saturated heterocycles. The van der Waals surface area contributed by atoms with Gasteiger partial charge in [0.05, 0.1) is 16.6 Å². The summed E-state index contributed by atoms with van der Waals surface area (Å²) >= 11 is 0. The molecule has 0 atom stereocenters. The van der Waals surface area contributed by atoms with E-state index in [0.29, 0.717) is 11.1 Å². The zero-order chi connectivity index (χ0) is 26.1. The molecule has 39 heavy (non-hydrogen) atoms. The van der Waals surface area contributed by atoms with Gasteiger partial charge in [0.25, 0.3) is 0 Å². The Kier molecular flexibility index (Phi) is 4.53. The van der Waals surface area contributed by atoms with E-state index in [9.17, 15) is 9.59 Å². The van der Waals surface area contributed by atoms with Gasteiger partial charge in [0.15, 0.2) is 11.6 Å². The molecule has 0 spiro atoms. The number of rotatable bonds is 2. The van der Waals surface area contributed by atoms with Gasteiger partial charge in [0.1, 0.15) is 0 Å². The van der Waals surface area contributed by atoms with Crippen LogP contribution in [-0.2, 0) is 0 Å². The van der Waals surface area contributed by atoms with Gasteiger partial charge < -0.3 is 4.57 Å². The highest BCUT2D eigenvalue weighted by atomic mass is 16.2. The molecule has 1 aromatic heterocycles. The average Bonchev–Trinajstić information content (AvgIpc) is 3.44. The molecule has 0 N–H and O–H groups in total. The Morgan fingerprint density at radius 3 is 1.92 bits per heavy atom. The number of ketones is 2. The lowest BCUT2D eigenvalue weighted by Gasteiger charge is -2.08. The van der Waals surface area contributed by atoms with Crippen molar-refractivity contribution < 1.29 is 9.59 Å². The van der Waals surface area contributed by atoms with Crippen molar-refractivity contribution in [1.29, 1.82) is 0 Å². The van der Waals surface area contributed by atoms with Gasteiger partial charge in [-0.25, -0.2) is 0 Å². The predicted molar refractivity (Wildman–Crippen MR) is 159 cm³/mol. The molecule has 7 aromatic rings. The number of aromatic nitrogens is 1. The van der Waals surface area contributed by atoms with Crippen LogP contribution in [-0.4, -0.2) is 16.1 Å². The van der Waals surface area contributed by atoms with Gasteiger partial charge in [-0.2, -0.15) is 0 Å². The molecule has 0 amide bonds. The van der Waals surface area contributed by atoms with E-state index in [0.717, 1.165) is 43.8 Å². The number of fused-ring (bicyclic) bond motifs is 7. The fourth-order valence-electron chi connectivity index (χ4n) is 6.07. The van der Waals surface area contributed by atoms with E-state index in [-0.39, 0.29) is 17.1 Å². The number of carbonyl (C=O) groups is 2. The average molecular weight is 500 g/mol. The molecule has 0 saturated carbocycles. The van der Waals surface area contributed by atoms with Gasteiger partial charge in [-0.3, -0.25) is 9.59 Å². The molecule has 6 aromatic carbocycles. The van der Waals surface area contributed by atoms with Crippen LogP contribution >= 0.6 is 0 Å². The molecule has 1 aliphatic rings. The van der Waals surface area contributed by atoms with Crippen LogP contribution in [0.4, 0.5) is 0 Å². The molecule has 182 valence electrons. The molecular weight excluding hydrogens is 478 g/mol. The molecule has 0 fully saturated rings. The van der Waals surface area contributed by atoms with Crippen LogP contribution < -0.4 is 0 Å². The lowest BCUT2D eigenvalue weighted by atomic mass is 10.00. The second kappa shape index (κ2) is 8.11. The summed E-state index contributed by atoms with van der Waals surface area (Å²) in [4.78, 5) is 26.6. The minimum atomic E-state index is -0.206. The Hall–Kier alpha value is -5.28. The fourth-order valence-corrected chi connectivity index (χ4v) is 6.07. The highest BCUT2D eigenvalue weighted by Crippen LogP contribution is 2.38. The summed E-state index contributed by atoms with van der Waals surface area (Å²) in [7, 11) is 0. The van der Waals surface area contributed by atoms with Crippen molar-refractivity contribution >= 4 is 61.0 Å². The van der Waals surface area contributed by atoms with Crippen molar-refractivity contribution in [2.24, 2.45) is 0 Å². The van der Waals surface area contributed by atoms with Crippen LogP contribution in [0.1, 0.15) is 26.3 Å². The molecule has 1 heterocycles. The summed E-state index contributed by atoms with van der Waals surface area (Å²) in [6.07, 6.45) is 1.74. The van der Waals surface area contributed by atoms with Gasteiger partial charge in [-0.1, -0.05) is 78.9 Å². The van der Waals surface area contributed by atoms with Crippen molar-refractivity contribution in [3.8, 4) is 5.69 Å². The second-order valence-corrected chi connectivity index (χ2v) is 10.1. The van der Waals surface area contributed by atoms with E-state index in [1.165, 1.54) is 10.8 Å². The molecule has 0 bridgehead atoms. The summed E-state index contributed by atoms with van der Waals surface area (Å²) in [5.41, 5.74) is 5.45. The van der Waals surface area contributed by atoms with E-state index >= 15 is 0 Å². The quantitative estimate of drug-likeness (QED) is 0.177. The smallest absolute Gasteiger partial charge is 0.197 e. The van der Waals surface area contributed by atoms with Gasteiger partial charge in [0, 0.05) is 27.6 Å². The van der Waals surface area contributed by atoms with Crippen molar-refractivity contribution in [3.63, 3.8) is 0 Å². The van der Waals surface area contributed by atoms with Crippen molar-refractivity contribution in [2.75, 3.05) is 0 Å². The van der Waals surface area contributed by atoms with Crippen LogP contribution in [0, 0.1) is 0 Å². The van der Waals surface area contributed by atoms with Gasteiger partial charge >= 0.3 is 0 Å². The van der Waals surface area contributed by atoms with Gasteiger partial charge in [0.2, 0.25) is 0 Å². The topological polar surface area (TPSA) is 39.1 Å². The lowest BCUT2D eigenvalue weighted by molar-refractivity contribution is 0.0990. The highest BCUT2D eigenvalue weighted by Gasteiger charge is 2.33. The first-order valence-electron chi connectivity index (χ1n) is 13.0. The Bertz CT molecular complexity index is 2140. The number of allylic oxidation sites excluding steroid dienone is 1. The summed E-state index contributed by atoms with van der Waals surface area (Å²) in [6.45, 7) is 0. The lowest BCUT2D eigenvalue weighted by Crippen LogP contribution is -2.00. The van der Waals surface area contributed by atoms with E-state index in [2.05, 4.69) is 77.4 Å². The predicted octanol–water partition coefficient (Wildman–Crippen LogP) is 8.55. The number of hydrogen-bond donors (Lipinski definition) is 0. The third-order valence-corrected chi connectivity index (χ3v) is 7.87. The van der Waals surface area contributed by atoms with Crippen molar-refractivity contribution in [2.45, 2.75) is 0 Å². The van der Waals surface area contributed by atoms with Crippen molar-refractivity contribution in [3.05, 3.63) is 144 Å². The number of benzene rings is 6. The van der Waals surface area contributed by atoms with E-state index in [1.54, 1.807) is 6.08 Å². The summed E-state index contributed by atoms with van der Waals surface area (Å²) in [5, 5.41) is 6.51. The highest BCUT2D eigenvalue weighted by molar-refractivity contribution is 6.42. The van der Waals surface area contributed by atoms with E-state index < -0.39 is 0 Å². The molecule has 0 aliphatic heterocycles. The molecule has 8 rings (SSSR count). The van der Waals surface area contributed by atoms with Crippen molar-refractivity contribution in [1.82, 2.24) is 4.57 Å². The summed E-state index contributed by atoms with van der Waals surface area (Å²) < 4.78 is 2.30. The maximum absolute atomic E-state index is 13.3. The molecule has 0 radical (unpaired) electrons. The second-order valence-electron chi connectivity index (χ2n) is 10.1. The largest absolute Gasteiger partial charge is 0.309 e. The maximum Gasteiger partial charge on any atom is 0.197 e. The SMILES string of the molecule is O=C1C(=Cc2ccc3c(ccc4c3c3ccccc3n4-c3ccccc3)c2)C(=O)c2cc3ccccc3cc21. The third kappa shape index (κ3) is 3.17. The first-order chi connectivity index (χ1) is 19.2. The number of para-hydroxylation sites is 2. The molecule has 0 unspecified atom stereocenters. The van der Waals surface area contributed by atoms with Crippen LogP contribution in [0.15, 0.2) is 127 Å². The normalized spacial score (nSPS) is 13.2. The first-order valence-corrected chi connectivity index (χ1v) is 13.0. The van der Waals surface area contributed by atoms with Crippen LogP contribution in [0.2, 0.25) is 0 Å².